The highest BCUT2D eigenvalue weighted by Crippen LogP contribution is 2.35. The van der Waals surface area contributed by atoms with Crippen LogP contribution >= 0.6 is 0 Å². The molecule has 23 N–H and O–H groups in total. The Kier molecular flexibility index (Phi) is 22.6. The molecule has 36 nitrogen and oxygen atoms in total. The molecule has 0 saturated carbocycles. The van der Waals surface area contributed by atoms with E-state index in [4.69, 9.17) is 61.6 Å². The molecule has 0 aromatic carbocycles. The highest BCUT2D eigenvalue weighted by molar-refractivity contribution is 4.99. The Hall–Kier alpha value is -1.44. The monoisotopic (exact) mass is 1150 g/mol. The number of hydrogen-bond donors (Lipinski definition) is 23. The van der Waals surface area contributed by atoms with Crippen molar-refractivity contribution in [2.75, 3.05) is 46.2 Å². The third-order valence-electron chi connectivity index (χ3n) is 14.5. The molecule has 7 rings (SSSR count). The number of hydrogen-bond acceptors (Lipinski definition) is 36. The SMILES string of the molecule is OC[C@H]1O[C@@H](OC[C@H]2O[C@@H](OC[C@H]3O[C@@H](OC[C@H]4O[C@@H](OC[C@H]5OC(O)[C@H](O)[C@@H](O)[C@@H]5O)[C@H](O)[C@@H](O[C@@H]5O[C@H](CO)[C@@H](O)[C@H](O)[C@H]5O)[C@@H]4O)[C@H](O)[C@@H](O[C@@H]4O[C@H](CO)[C@@H](O)[C@H](O)[C@H]4O)[C@@H]3O)[C@H](O)[C@@H](O)[C@@H]2O)[C@H](O)[C@@H](O)[C@@H]1O. The molecule has 0 aliphatic carbocycles. The van der Waals surface area contributed by atoms with Gasteiger partial charge in [0.1, 0.15) is 171 Å². The number of ether oxygens (including phenoxy) is 13. The van der Waals surface area contributed by atoms with Crippen molar-refractivity contribution in [1.29, 1.82) is 0 Å². The van der Waals surface area contributed by atoms with E-state index in [9.17, 15) is 117 Å². The Labute approximate surface area is 439 Å². The molecule has 0 bridgehead atoms. The van der Waals surface area contributed by atoms with Gasteiger partial charge in [-0.1, -0.05) is 0 Å². The van der Waals surface area contributed by atoms with E-state index in [-0.39, 0.29) is 0 Å². The van der Waals surface area contributed by atoms with E-state index in [1.165, 1.54) is 0 Å². The summed E-state index contributed by atoms with van der Waals surface area (Å²) in [4.78, 5) is 0. The summed E-state index contributed by atoms with van der Waals surface area (Å²) in [5.41, 5.74) is 0. The summed E-state index contributed by atoms with van der Waals surface area (Å²) >= 11 is 0. The summed E-state index contributed by atoms with van der Waals surface area (Å²) < 4.78 is 72.4. The van der Waals surface area contributed by atoms with Crippen molar-refractivity contribution in [2.24, 2.45) is 0 Å². The fourth-order valence-corrected chi connectivity index (χ4v) is 9.57. The molecular weight excluding hydrogens is 1080 g/mol. The normalized spacial score (nSPS) is 53.5. The van der Waals surface area contributed by atoms with Gasteiger partial charge < -0.3 is 179 Å². The van der Waals surface area contributed by atoms with Crippen molar-refractivity contribution < 1.29 is 179 Å². The molecule has 0 aromatic rings. The van der Waals surface area contributed by atoms with Crippen LogP contribution in [-0.2, 0) is 61.6 Å². The van der Waals surface area contributed by atoms with Crippen molar-refractivity contribution >= 4 is 0 Å². The summed E-state index contributed by atoms with van der Waals surface area (Å²) in [6.07, 6.45) is -67.9. The zero-order chi connectivity index (χ0) is 57.3. The molecule has 7 aliphatic heterocycles. The topological polar surface area (TPSA) is 585 Å². The van der Waals surface area contributed by atoms with Gasteiger partial charge in [0.15, 0.2) is 44.0 Å². The van der Waals surface area contributed by atoms with Crippen LogP contribution in [0, 0.1) is 0 Å². The summed E-state index contributed by atoms with van der Waals surface area (Å²) in [5.74, 6) is 0. The average Bonchev–Trinajstić information content (AvgIpc) is 3.42. The van der Waals surface area contributed by atoms with Crippen LogP contribution in [-0.4, -0.2) is 379 Å². The lowest BCUT2D eigenvalue weighted by molar-refractivity contribution is -0.379. The predicted molar refractivity (Wildman–Crippen MR) is 232 cm³/mol. The maximum atomic E-state index is 11.7. The van der Waals surface area contributed by atoms with Crippen LogP contribution < -0.4 is 0 Å². The summed E-state index contributed by atoms with van der Waals surface area (Å²) in [5, 5.41) is 243. The fraction of sp³-hybridized carbons (Fsp3) is 1.00. The lowest BCUT2D eigenvalue weighted by Gasteiger charge is -2.48. The first-order chi connectivity index (χ1) is 36.8. The van der Waals surface area contributed by atoms with Crippen molar-refractivity contribution in [3.05, 3.63) is 0 Å². The predicted octanol–water partition coefficient (Wildman–Crippen LogP) is -16.3. The van der Waals surface area contributed by atoms with E-state index in [2.05, 4.69) is 0 Å². The minimum atomic E-state index is -2.24. The molecule has 1 unspecified atom stereocenters. The summed E-state index contributed by atoms with van der Waals surface area (Å²) in [7, 11) is 0. The van der Waals surface area contributed by atoms with Crippen LogP contribution in [0.5, 0.6) is 0 Å². The minimum Gasteiger partial charge on any atom is -0.394 e. The van der Waals surface area contributed by atoms with Gasteiger partial charge in [0.2, 0.25) is 0 Å². The van der Waals surface area contributed by atoms with E-state index in [0.717, 1.165) is 0 Å². The molecule has 0 radical (unpaired) electrons. The molecule has 7 fully saturated rings. The highest BCUT2D eigenvalue weighted by Gasteiger charge is 2.56. The largest absolute Gasteiger partial charge is 0.394 e. The van der Waals surface area contributed by atoms with Gasteiger partial charge in [0.05, 0.1) is 46.2 Å². The maximum absolute atomic E-state index is 11.7. The number of rotatable bonds is 19. The van der Waals surface area contributed by atoms with Gasteiger partial charge in [-0.15, -0.1) is 0 Å². The maximum Gasteiger partial charge on any atom is 0.187 e. The Morgan fingerprint density at radius 2 is 0.449 bits per heavy atom. The zero-order valence-corrected chi connectivity index (χ0v) is 40.8. The Morgan fingerprint density at radius 3 is 0.769 bits per heavy atom. The van der Waals surface area contributed by atoms with Crippen molar-refractivity contribution in [1.82, 2.24) is 0 Å². The molecule has 0 amide bonds. The van der Waals surface area contributed by atoms with Crippen LogP contribution in [0.2, 0.25) is 0 Å². The second-order valence-corrected chi connectivity index (χ2v) is 19.7. The second kappa shape index (κ2) is 27.5. The standard InChI is InChI=1S/C42H72O36/c43-1-8-15(46)23(54)28(59)37(71-8)66-5-12-19(50)26(57)29(60)38(74-12)67-6-13-20(51)34(77-41-30(61)24(55)16(47)9(2-44)72-41)33(64)40(75-13)69-7-14-21(52)35(78-42-31(62)25(56)17(48)10(3-45)73-42)32(63)39(76-14)68-4-11-18(49)22(53)27(58)36(65)70-11/h8-65H,1-7H2/t8-,9-,10-,11-,12-,13-,14-,15-,16-,17-,18-,19-,20-,21-,22+,23+,24+,25+,26+,27-,28-,29-,30-,31-,32-,33-,34+,35+,36?,37-,38-,39-,40-,41+,42+/m1/s1. The quantitative estimate of drug-likeness (QED) is 0.0571. The van der Waals surface area contributed by atoms with Crippen LogP contribution in [0.15, 0.2) is 0 Å². The number of aliphatic hydroxyl groups excluding tert-OH is 23. The Morgan fingerprint density at radius 1 is 0.218 bits per heavy atom. The van der Waals surface area contributed by atoms with E-state index in [1.807, 2.05) is 0 Å². The lowest BCUT2D eigenvalue weighted by Crippen LogP contribution is -2.66. The first-order valence-corrected chi connectivity index (χ1v) is 24.6. The van der Waals surface area contributed by atoms with Crippen LogP contribution in [0.3, 0.4) is 0 Å². The average molecular weight is 1150 g/mol. The fourth-order valence-electron chi connectivity index (χ4n) is 9.57. The summed E-state index contributed by atoms with van der Waals surface area (Å²) in [6, 6.07) is 0. The summed E-state index contributed by atoms with van der Waals surface area (Å²) in [6.45, 7) is -6.31. The zero-order valence-electron chi connectivity index (χ0n) is 40.8. The third-order valence-corrected chi connectivity index (χ3v) is 14.5. The highest BCUT2D eigenvalue weighted by atomic mass is 16.8. The second-order valence-electron chi connectivity index (χ2n) is 19.7. The van der Waals surface area contributed by atoms with Crippen molar-refractivity contribution in [3.8, 4) is 0 Å². The Bertz CT molecular complexity index is 1810. The first kappa shape index (κ1) is 64.1. The molecule has 456 valence electrons. The molecule has 0 spiro atoms. The minimum absolute atomic E-state index is 0.785. The van der Waals surface area contributed by atoms with Gasteiger partial charge in [0, 0.05) is 0 Å². The van der Waals surface area contributed by atoms with Gasteiger partial charge in [-0.2, -0.15) is 0 Å². The molecule has 36 heteroatoms. The van der Waals surface area contributed by atoms with Gasteiger partial charge in [-0.3, -0.25) is 0 Å². The van der Waals surface area contributed by atoms with Crippen LogP contribution in [0.1, 0.15) is 0 Å². The molecular formula is C42H72O36. The van der Waals surface area contributed by atoms with E-state index in [1.54, 1.807) is 0 Å². The van der Waals surface area contributed by atoms with Crippen LogP contribution in [0.25, 0.3) is 0 Å². The van der Waals surface area contributed by atoms with Crippen molar-refractivity contribution in [2.45, 2.75) is 215 Å². The Balaban J connectivity index is 1.10. The lowest BCUT2D eigenvalue weighted by atomic mass is 9.96. The van der Waals surface area contributed by atoms with Gasteiger partial charge in [0.25, 0.3) is 0 Å². The van der Waals surface area contributed by atoms with Crippen LogP contribution in [0.4, 0.5) is 0 Å². The molecule has 7 heterocycles. The van der Waals surface area contributed by atoms with Gasteiger partial charge in [-0.25, -0.2) is 0 Å². The first-order valence-electron chi connectivity index (χ1n) is 24.6. The molecule has 7 aliphatic rings. The smallest absolute Gasteiger partial charge is 0.187 e. The van der Waals surface area contributed by atoms with E-state index >= 15 is 0 Å². The third kappa shape index (κ3) is 13.5. The molecule has 78 heavy (non-hydrogen) atoms. The van der Waals surface area contributed by atoms with Gasteiger partial charge >= 0.3 is 0 Å². The molecule has 7 saturated heterocycles. The van der Waals surface area contributed by atoms with Gasteiger partial charge in [-0.05, 0) is 0 Å². The number of aliphatic hydroxyl groups is 23. The molecule has 0 aromatic heterocycles. The van der Waals surface area contributed by atoms with E-state index in [0.29, 0.717) is 0 Å². The van der Waals surface area contributed by atoms with Crippen molar-refractivity contribution in [3.63, 3.8) is 0 Å². The van der Waals surface area contributed by atoms with E-state index < -0.39 is 261 Å². The molecule has 35 atom stereocenters.